The van der Waals surface area contributed by atoms with Crippen molar-refractivity contribution >= 4 is 17.2 Å². The first-order valence-corrected chi connectivity index (χ1v) is 12.5. The van der Waals surface area contributed by atoms with E-state index in [4.69, 9.17) is 14.2 Å². The number of nitrogens with zero attached hydrogens (tertiary/aromatic N) is 5. The molecule has 1 saturated heterocycles. The zero-order valence-corrected chi connectivity index (χ0v) is 20.4. The summed E-state index contributed by atoms with van der Waals surface area (Å²) in [5, 5.41) is 7.22. The molecule has 1 aliphatic heterocycles. The molecule has 0 atom stereocenters. The lowest BCUT2D eigenvalue weighted by Gasteiger charge is -2.34. The lowest BCUT2D eigenvalue weighted by molar-refractivity contribution is -0.133. The van der Waals surface area contributed by atoms with Crippen LogP contribution in [0.15, 0.2) is 64.5 Å². The average Bonchev–Trinajstić information content (AvgIpc) is 3.58. The average molecular weight is 490 g/mol. The zero-order chi connectivity index (χ0) is 24.0. The number of amides is 1. The Kier molecular flexibility index (Phi) is 7.15. The third-order valence-electron chi connectivity index (χ3n) is 6.05. The van der Waals surface area contributed by atoms with Gasteiger partial charge in [-0.1, -0.05) is 35.5 Å². The number of aromatic nitrogens is 3. The topological polar surface area (TPSA) is 84.6 Å². The first-order chi connectivity index (χ1) is 17.2. The molecular formula is C26H27N5O3S. The summed E-state index contributed by atoms with van der Waals surface area (Å²) in [5.74, 6) is 1.88. The monoisotopic (exact) mass is 489 g/mol. The molecule has 35 heavy (non-hydrogen) atoms. The maximum Gasteiger partial charge on any atom is 0.227 e. The Hall–Kier alpha value is -3.56. The Morgan fingerprint density at radius 2 is 1.77 bits per heavy atom. The summed E-state index contributed by atoms with van der Waals surface area (Å²) in [7, 11) is 1.63. The molecule has 2 aromatic carbocycles. The first kappa shape index (κ1) is 23.2. The van der Waals surface area contributed by atoms with Crippen molar-refractivity contribution in [3.05, 3.63) is 71.6 Å². The number of thiazole rings is 1. The van der Waals surface area contributed by atoms with Crippen molar-refractivity contribution in [3.63, 3.8) is 0 Å². The smallest absolute Gasteiger partial charge is 0.227 e. The largest absolute Gasteiger partial charge is 0.497 e. The Morgan fingerprint density at radius 1 is 1.00 bits per heavy atom. The summed E-state index contributed by atoms with van der Waals surface area (Å²) < 4.78 is 10.5. The maximum absolute atomic E-state index is 12.7. The van der Waals surface area contributed by atoms with Crippen molar-refractivity contribution in [3.8, 4) is 27.7 Å². The van der Waals surface area contributed by atoms with Crippen LogP contribution in [-0.2, 0) is 17.8 Å². The molecule has 1 aliphatic rings. The number of piperazine rings is 1. The SMILES string of the molecule is COc1ccc(-c2noc(CCC(=O)N3CCN(Cc4csc(-c5ccccc5)n4)CC3)n2)cc1. The zero-order valence-electron chi connectivity index (χ0n) is 19.6. The van der Waals surface area contributed by atoms with Crippen molar-refractivity contribution < 1.29 is 14.1 Å². The lowest BCUT2D eigenvalue weighted by atomic mass is 10.2. The van der Waals surface area contributed by atoms with E-state index in [9.17, 15) is 4.79 Å². The lowest BCUT2D eigenvalue weighted by Crippen LogP contribution is -2.48. The van der Waals surface area contributed by atoms with E-state index in [0.29, 0.717) is 24.6 Å². The van der Waals surface area contributed by atoms with Crippen LogP contribution in [0.3, 0.4) is 0 Å². The third kappa shape index (κ3) is 5.75. The number of rotatable bonds is 8. The van der Waals surface area contributed by atoms with Crippen molar-refractivity contribution in [2.45, 2.75) is 19.4 Å². The number of ether oxygens (including phenoxy) is 1. The number of hydrogen-bond acceptors (Lipinski definition) is 8. The highest BCUT2D eigenvalue weighted by molar-refractivity contribution is 7.13. The standard InChI is InChI=1S/C26H27N5O3S/c1-33-22-9-7-19(8-10-22)25-28-23(34-29-25)11-12-24(32)31-15-13-30(14-16-31)17-21-18-35-26(27-21)20-5-3-2-4-6-20/h2-10,18H,11-17H2,1H3. The van der Waals surface area contributed by atoms with Gasteiger partial charge >= 0.3 is 0 Å². The fraction of sp³-hybridized carbons (Fsp3) is 0.308. The Morgan fingerprint density at radius 3 is 2.51 bits per heavy atom. The van der Waals surface area contributed by atoms with Crippen LogP contribution in [0.2, 0.25) is 0 Å². The summed E-state index contributed by atoms with van der Waals surface area (Å²) in [6, 6.07) is 17.7. The van der Waals surface area contributed by atoms with E-state index in [1.165, 1.54) is 0 Å². The van der Waals surface area contributed by atoms with E-state index in [1.807, 2.05) is 47.4 Å². The highest BCUT2D eigenvalue weighted by Crippen LogP contribution is 2.24. The third-order valence-corrected chi connectivity index (χ3v) is 6.99. The minimum Gasteiger partial charge on any atom is -0.497 e. The molecule has 5 rings (SSSR count). The van der Waals surface area contributed by atoms with E-state index in [0.717, 1.165) is 60.3 Å². The fourth-order valence-corrected chi connectivity index (χ4v) is 4.88. The second kappa shape index (κ2) is 10.8. The van der Waals surface area contributed by atoms with Crippen LogP contribution < -0.4 is 4.74 Å². The molecule has 3 heterocycles. The Bertz CT molecular complexity index is 1250. The number of aryl methyl sites for hydroxylation is 1. The van der Waals surface area contributed by atoms with Gasteiger partial charge in [0, 0.05) is 62.1 Å². The molecule has 1 amide bonds. The molecule has 0 spiro atoms. The minimum absolute atomic E-state index is 0.119. The van der Waals surface area contributed by atoms with Gasteiger partial charge in [0.1, 0.15) is 10.8 Å². The van der Waals surface area contributed by atoms with Crippen LogP contribution in [0.1, 0.15) is 18.0 Å². The summed E-state index contributed by atoms with van der Waals surface area (Å²) in [6.07, 6.45) is 0.792. The van der Waals surface area contributed by atoms with Crippen molar-refractivity contribution in [2.24, 2.45) is 0 Å². The number of methoxy groups -OCH3 is 1. The molecule has 0 unspecified atom stereocenters. The van der Waals surface area contributed by atoms with Crippen molar-refractivity contribution in [1.29, 1.82) is 0 Å². The number of benzene rings is 2. The van der Waals surface area contributed by atoms with Gasteiger partial charge in [0.05, 0.1) is 12.8 Å². The Labute approximate surface area is 208 Å². The van der Waals surface area contributed by atoms with E-state index in [2.05, 4.69) is 32.6 Å². The maximum atomic E-state index is 12.7. The van der Waals surface area contributed by atoms with E-state index >= 15 is 0 Å². The summed E-state index contributed by atoms with van der Waals surface area (Å²) in [6.45, 7) is 3.92. The minimum atomic E-state index is 0.119. The van der Waals surface area contributed by atoms with Crippen LogP contribution in [0, 0.1) is 0 Å². The van der Waals surface area contributed by atoms with Gasteiger partial charge in [-0.3, -0.25) is 9.69 Å². The van der Waals surface area contributed by atoms with Crippen LogP contribution in [0.4, 0.5) is 0 Å². The molecule has 2 aromatic heterocycles. The Balaban J connectivity index is 1.07. The molecule has 0 aliphatic carbocycles. The molecule has 9 heteroatoms. The molecule has 0 N–H and O–H groups in total. The normalized spacial score (nSPS) is 14.3. The van der Waals surface area contributed by atoms with Gasteiger partial charge in [-0.15, -0.1) is 11.3 Å². The molecule has 0 bridgehead atoms. The summed E-state index contributed by atoms with van der Waals surface area (Å²) in [5.41, 5.74) is 3.08. The van der Waals surface area contributed by atoms with Crippen molar-refractivity contribution in [2.75, 3.05) is 33.3 Å². The van der Waals surface area contributed by atoms with Gasteiger partial charge in [-0.2, -0.15) is 4.98 Å². The van der Waals surface area contributed by atoms with E-state index in [1.54, 1.807) is 18.4 Å². The quantitative estimate of drug-likeness (QED) is 0.368. The van der Waals surface area contributed by atoms with Crippen molar-refractivity contribution in [1.82, 2.24) is 24.9 Å². The number of hydrogen-bond donors (Lipinski definition) is 0. The van der Waals surface area contributed by atoms with E-state index in [-0.39, 0.29) is 5.91 Å². The van der Waals surface area contributed by atoms with Gasteiger partial charge in [-0.25, -0.2) is 4.98 Å². The fourth-order valence-electron chi connectivity index (χ4n) is 4.06. The molecule has 4 aromatic rings. The second-order valence-electron chi connectivity index (χ2n) is 8.41. The molecule has 180 valence electrons. The highest BCUT2D eigenvalue weighted by Gasteiger charge is 2.22. The second-order valence-corrected chi connectivity index (χ2v) is 9.27. The van der Waals surface area contributed by atoms with Crippen LogP contribution >= 0.6 is 11.3 Å². The van der Waals surface area contributed by atoms with Gasteiger partial charge in [0.2, 0.25) is 17.6 Å². The van der Waals surface area contributed by atoms with Crippen LogP contribution in [-0.4, -0.2) is 64.1 Å². The number of carbonyl (C=O) groups excluding carboxylic acids is 1. The summed E-state index contributed by atoms with van der Waals surface area (Å²) >= 11 is 1.68. The molecule has 0 saturated carbocycles. The molecule has 8 nitrogen and oxygen atoms in total. The predicted molar refractivity (Wildman–Crippen MR) is 134 cm³/mol. The van der Waals surface area contributed by atoms with Gasteiger partial charge < -0.3 is 14.2 Å². The summed E-state index contributed by atoms with van der Waals surface area (Å²) in [4.78, 5) is 26.2. The van der Waals surface area contributed by atoms with Gasteiger partial charge in [0.15, 0.2) is 0 Å². The van der Waals surface area contributed by atoms with Crippen LogP contribution in [0.25, 0.3) is 22.0 Å². The predicted octanol–water partition coefficient (Wildman–Crippen LogP) is 4.15. The molecule has 0 radical (unpaired) electrons. The van der Waals surface area contributed by atoms with Gasteiger partial charge in [0.25, 0.3) is 0 Å². The van der Waals surface area contributed by atoms with E-state index < -0.39 is 0 Å². The van der Waals surface area contributed by atoms with Gasteiger partial charge in [-0.05, 0) is 24.3 Å². The number of carbonyl (C=O) groups is 1. The van der Waals surface area contributed by atoms with Crippen LogP contribution in [0.5, 0.6) is 5.75 Å². The molecular weight excluding hydrogens is 462 g/mol. The highest BCUT2D eigenvalue weighted by atomic mass is 32.1. The molecule has 1 fully saturated rings. The first-order valence-electron chi connectivity index (χ1n) is 11.6.